The number of aliphatic carboxylic acids is 1. The summed E-state index contributed by atoms with van der Waals surface area (Å²) < 4.78 is 5.62. The van der Waals surface area contributed by atoms with E-state index in [1.54, 1.807) is 18.2 Å². The minimum absolute atomic E-state index is 0.0440. The van der Waals surface area contributed by atoms with Gasteiger partial charge in [0.15, 0.2) is 6.10 Å². The minimum atomic E-state index is -1.06. The van der Waals surface area contributed by atoms with Crippen LogP contribution in [0.2, 0.25) is 0 Å². The van der Waals surface area contributed by atoms with Crippen LogP contribution >= 0.6 is 15.9 Å². The Hall–Kier alpha value is -1.47. The maximum atomic E-state index is 12.1. The molecule has 1 N–H and O–H groups in total. The van der Waals surface area contributed by atoms with Gasteiger partial charge in [0.1, 0.15) is 10.3 Å². The predicted molar refractivity (Wildman–Crippen MR) is 65.2 cm³/mol. The van der Waals surface area contributed by atoms with E-state index in [0.29, 0.717) is 11.1 Å². The van der Waals surface area contributed by atoms with E-state index in [0.717, 1.165) is 0 Å². The summed E-state index contributed by atoms with van der Waals surface area (Å²) in [5, 5.41) is 8.87. The van der Waals surface area contributed by atoms with Gasteiger partial charge in [-0.1, -0.05) is 6.07 Å². The molecule has 0 aromatic carbocycles. The number of carbonyl (C=O) groups excluding carboxylic acids is 1. The summed E-state index contributed by atoms with van der Waals surface area (Å²) in [7, 11) is 0. The molecular formula is C11H11BrN2O4. The summed E-state index contributed by atoms with van der Waals surface area (Å²) in [6, 6.07) is 5.02. The fraction of sp³-hybridized carbons (Fsp3) is 0.364. The lowest BCUT2D eigenvalue weighted by Gasteiger charge is -2.30. The van der Waals surface area contributed by atoms with Crippen LogP contribution in [0.15, 0.2) is 22.8 Å². The molecule has 1 amide bonds. The number of pyridine rings is 1. The first-order valence-electron chi connectivity index (χ1n) is 5.34. The molecular weight excluding hydrogens is 304 g/mol. The molecule has 0 saturated carbocycles. The lowest BCUT2D eigenvalue weighted by atomic mass is 10.2. The number of carbonyl (C=O) groups is 2. The molecule has 0 bridgehead atoms. The van der Waals surface area contributed by atoms with Crippen LogP contribution in [0.25, 0.3) is 0 Å². The third kappa shape index (κ3) is 2.85. The Morgan fingerprint density at radius 1 is 1.50 bits per heavy atom. The van der Waals surface area contributed by atoms with Crippen LogP contribution in [-0.2, 0) is 9.53 Å². The molecule has 1 aliphatic heterocycles. The van der Waals surface area contributed by atoms with E-state index in [2.05, 4.69) is 20.9 Å². The monoisotopic (exact) mass is 314 g/mol. The summed E-state index contributed by atoms with van der Waals surface area (Å²) in [5.74, 6) is -1.35. The number of hydrogen-bond donors (Lipinski definition) is 1. The molecule has 1 atom stereocenters. The van der Waals surface area contributed by atoms with Gasteiger partial charge in [-0.2, -0.15) is 0 Å². The molecule has 96 valence electrons. The lowest BCUT2D eigenvalue weighted by Crippen LogP contribution is -2.48. The van der Waals surface area contributed by atoms with Crippen molar-refractivity contribution >= 4 is 27.8 Å². The quantitative estimate of drug-likeness (QED) is 0.816. The molecule has 1 unspecified atom stereocenters. The van der Waals surface area contributed by atoms with Crippen molar-refractivity contribution < 1.29 is 19.4 Å². The Kier molecular flexibility index (Phi) is 3.93. The van der Waals surface area contributed by atoms with Crippen molar-refractivity contribution in [1.82, 2.24) is 9.88 Å². The minimum Gasteiger partial charge on any atom is -0.479 e. The van der Waals surface area contributed by atoms with E-state index in [-0.39, 0.29) is 24.8 Å². The van der Waals surface area contributed by atoms with Gasteiger partial charge in [-0.3, -0.25) is 4.79 Å². The summed E-state index contributed by atoms with van der Waals surface area (Å²) in [6.07, 6.45) is -0.963. The molecule has 0 spiro atoms. The predicted octanol–water partition coefficient (Wildman–Crippen LogP) is 0.770. The largest absolute Gasteiger partial charge is 0.479 e. The van der Waals surface area contributed by atoms with Crippen LogP contribution < -0.4 is 0 Å². The number of nitrogens with zero attached hydrogens (tertiary/aromatic N) is 2. The third-order valence-corrected chi connectivity index (χ3v) is 3.00. The Bertz CT molecular complexity index is 480. The van der Waals surface area contributed by atoms with Crippen molar-refractivity contribution in [3.05, 3.63) is 28.5 Å². The van der Waals surface area contributed by atoms with Crippen molar-refractivity contribution in [3.63, 3.8) is 0 Å². The van der Waals surface area contributed by atoms with E-state index in [1.807, 2.05) is 0 Å². The van der Waals surface area contributed by atoms with Crippen molar-refractivity contribution in [1.29, 1.82) is 0 Å². The number of morpholine rings is 1. The smallest absolute Gasteiger partial charge is 0.334 e. The molecule has 18 heavy (non-hydrogen) atoms. The molecule has 1 aliphatic rings. The van der Waals surface area contributed by atoms with E-state index in [1.165, 1.54) is 4.90 Å². The number of rotatable bonds is 2. The highest BCUT2D eigenvalue weighted by atomic mass is 79.9. The standard InChI is InChI=1S/C11H11BrN2O4/c12-9-3-1-2-7(13-9)10(15)14-4-5-18-8(6-14)11(16)17/h1-3,8H,4-6H2,(H,16,17). The Morgan fingerprint density at radius 2 is 2.28 bits per heavy atom. The second-order valence-electron chi connectivity index (χ2n) is 3.79. The number of aromatic nitrogens is 1. The van der Waals surface area contributed by atoms with E-state index < -0.39 is 12.1 Å². The highest BCUT2D eigenvalue weighted by Crippen LogP contribution is 2.12. The maximum absolute atomic E-state index is 12.1. The fourth-order valence-electron chi connectivity index (χ4n) is 1.67. The normalized spacial score (nSPS) is 19.6. The summed E-state index contributed by atoms with van der Waals surface area (Å²) >= 11 is 3.19. The van der Waals surface area contributed by atoms with Crippen LogP contribution in [0.5, 0.6) is 0 Å². The zero-order valence-electron chi connectivity index (χ0n) is 9.38. The second kappa shape index (κ2) is 5.45. The Balaban J connectivity index is 2.11. The average molecular weight is 315 g/mol. The van der Waals surface area contributed by atoms with Gasteiger partial charge >= 0.3 is 5.97 Å². The average Bonchev–Trinajstić information content (AvgIpc) is 2.38. The first kappa shape index (κ1) is 13.0. The zero-order chi connectivity index (χ0) is 13.1. The van der Waals surface area contributed by atoms with Crippen LogP contribution in [0.3, 0.4) is 0 Å². The number of amides is 1. The van der Waals surface area contributed by atoms with Crippen molar-refractivity contribution in [3.8, 4) is 0 Å². The van der Waals surface area contributed by atoms with Crippen molar-refractivity contribution in [2.75, 3.05) is 19.7 Å². The lowest BCUT2D eigenvalue weighted by molar-refractivity contribution is -0.154. The Labute approximate surface area is 112 Å². The SMILES string of the molecule is O=C(O)C1CN(C(=O)c2cccc(Br)n2)CCO1. The molecule has 6 nitrogen and oxygen atoms in total. The van der Waals surface area contributed by atoms with Crippen LogP contribution in [0, 0.1) is 0 Å². The van der Waals surface area contributed by atoms with Crippen LogP contribution in [-0.4, -0.2) is 52.7 Å². The third-order valence-electron chi connectivity index (χ3n) is 2.56. The molecule has 1 aromatic rings. The fourth-order valence-corrected chi connectivity index (χ4v) is 2.02. The van der Waals surface area contributed by atoms with Gasteiger partial charge in [-0.15, -0.1) is 0 Å². The first-order chi connectivity index (χ1) is 8.58. The molecule has 1 saturated heterocycles. The summed E-state index contributed by atoms with van der Waals surface area (Å²) in [6.45, 7) is 0.635. The summed E-state index contributed by atoms with van der Waals surface area (Å²) in [4.78, 5) is 28.4. The van der Waals surface area contributed by atoms with Gasteiger partial charge in [0, 0.05) is 6.54 Å². The van der Waals surface area contributed by atoms with Crippen LogP contribution in [0.4, 0.5) is 0 Å². The van der Waals surface area contributed by atoms with Crippen molar-refractivity contribution in [2.24, 2.45) is 0 Å². The molecule has 1 aromatic heterocycles. The first-order valence-corrected chi connectivity index (χ1v) is 6.13. The van der Waals surface area contributed by atoms with Gasteiger partial charge in [-0.25, -0.2) is 9.78 Å². The van der Waals surface area contributed by atoms with E-state index in [9.17, 15) is 9.59 Å². The number of carboxylic acids is 1. The highest BCUT2D eigenvalue weighted by Gasteiger charge is 2.29. The summed E-state index contributed by atoms with van der Waals surface area (Å²) in [5.41, 5.74) is 0.287. The van der Waals surface area contributed by atoms with E-state index >= 15 is 0 Å². The van der Waals surface area contributed by atoms with E-state index in [4.69, 9.17) is 9.84 Å². The number of carboxylic acid groups (broad SMARTS) is 1. The Morgan fingerprint density at radius 3 is 2.94 bits per heavy atom. The number of hydrogen-bond acceptors (Lipinski definition) is 4. The molecule has 1 fully saturated rings. The van der Waals surface area contributed by atoms with Gasteiger partial charge < -0.3 is 14.7 Å². The molecule has 7 heteroatoms. The zero-order valence-corrected chi connectivity index (χ0v) is 11.0. The van der Waals surface area contributed by atoms with Crippen LogP contribution in [0.1, 0.15) is 10.5 Å². The molecule has 2 rings (SSSR count). The molecule has 0 aliphatic carbocycles. The van der Waals surface area contributed by atoms with Gasteiger partial charge in [-0.05, 0) is 28.1 Å². The van der Waals surface area contributed by atoms with Crippen molar-refractivity contribution in [2.45, 2.75) is 6.10 Å². The molecule has 2 heterocycles. The number of ether oxygens (including phenoxy) is 1. The second-order valence-corrected chi connectivity index (χ2v) is 4.61. The molecule has 0 radical (unpaired) electrons. The number of halogens is 1. The van der Waals surface area contributed by atoms with Gasteiger partial charge in [0.05, 0.1) is 13.2 Å². The topological polar surface area (TPSA) is 79.7 Å². The highest BCUT2D eigenvalue weighted by molar-refractivity contribution is 9.10. The van der Waals surface area contributed by atoms with Gasteiger partial charge in [0.25, 0.3) is 5.91 Å². The van der Waals surface area contributed by atoms with Gasteiger partial charge in [0.2, 0.25) is 0 Å². The maximum Gasteiger partial charge on any atom is 0.334 e.